The van der Waals surface area contributed by atoms with Crippen molar-refractivity contribution in [2.24, 2.45) is 5.73 Å². The summed E-state index contributed by atoms with van der Waals surface area (Å²) in [6, 6.07) is 14.7. The van der Waals surface area contributed by atoms with Crippen molar-refractivity contribution in [2.75, 3.05) is 13.6 Å². The summed E-state index contributed by atoms with van der Waals surface area (Å²) in [7, 11) is 2.10. The maximum absolute atomic E-state index is 6.06. The van der Waals surface area contributed by atoms with Crippen LogP contribution in [0.2, 0.25) is 5.02 Å². The predicted octanol–water partition coefficient (Wildman–Crippen LogP) is 4.54. The maximum Gasteiger partial charge on any atom is 0.0548 e. The van der Waals surface area contributed by atoms with Gasteiger partial charge in [-0.1, -0.05) is 47.5 Å². The monoisotopic (exact) mass is 366 g/mol. The highest BCUT2D eigenvalue weighted by Crippen LogP contribution is 2.28. The first-order valence-electron chi connectivity index (χ1n) is 6.92. The topological polar surface area (TPSA) is 29.3 Å². The first-order valence-corrected chi connectivity index (χ1v) is 8.09. The van der Waals surface area contributed by atoms with Crippen LogP contribution in [0.5, 0.6) is 0 Å². The van der Waals surface area contributed by atoms with E-state index in [0.29, 0.717) is 6.54 Å². The van der Waals surface area contributed by atoms with E-state index in [1.165, 1.54) is 16.7 Å². The zero-order valence-electron chi connectivity index (χ0n) is 12.3. The van der Waals surface area contributed by atoms with E-state index in [1.807, 2.05) is 18.2 Å². The molecule has 1 atom stereocenters. The normalized spacial score (nSPS) is 12.7. The zero-order valence-corrected chi connectivity index (χ0v) is 14.7. The van der Waals surface area contributed by atoms with Crippen LogP contribution in [-0.2, 0) is 6.54 Å². The van der Waals surface area contributed by atoms with Crippen molar-refractivity contribution in [2.45, 2.75) is 19.5 Å². The summed E-state index contributed by atoms with van der Waals surface area (Å²) in [6.45, 7) is 3.54. The van der Waals surface area contributed by atoms with Crippen molar-refractivity contribution in [3.8, 4) is 0 Å². The molecule has 0 aliphatic carbocycles. The number of aryl methyl sites for hydroxylation is 1. The quantitative estimate of drug-likeness (QED) is 0.840. The molecular weight excluding hydrogens is 348 g/mol. The van der Waals surface area contributed by atoms with Gasteiger partial charge in [-0.25, -0.2) is 0 Å². The van der Waals surface area contributed by atoms with E-state index in [4.69, 9.17) is 17.3 Å². The molecule has 0 bridgehead atoms. The van der Waals surface area contributed by atoms with Gasteiger partial charge in [0.15, 0.2) is 0 Å². The van der Waals surface area contributed by atoms with Gasteiger partial charge in [0.1, 0.15) is 0 Å². The average Bonchev–Trinajstić information content (AvgIpc) is 2.43. The fourth-order valence-corrected chi connectivity index (χ4v) is 3.01. The summed E-state index contributed by atoms with van der Waals surface area (Å²) in [5.74, 6) is 0. The number of halogens is 2. The Bertz CT molecular complexity index is 615. The van der Waals surface area contributed by atoms with Crippen LogP contribution < -0.4 is 5.73 Å². The van der Waals surface area contributed by atoms with E-state index in [-0.39, 0.29) is 6.04 Å². The highest BCUT2D eigenvalue weighted by molar-refractivity contribution is 9.10. The summed E-state index contributed by atoms with van der Waals surface area (Å²) >= 11 is 9.54. The van der Waals surface area contributed by atoms with Gasteiger partial charge in [0.2, 0.25) is 0 Å². The molecule has 112 valence electrons. The minimum absolute atomic E-state index is 0.166. The number of hydrogen-bond donors (Lipinski definition) is 1. The van der Waals surface area contributed by atoms with Gasteiger partial charge in [-0.05, 0) is 53.2 Å². The molecule has 0 saturated heterocycles. The lowest BCUT2D eigenvalue weighted by molar-refractivity contribution is 0.241. The second kappa shape index (κ2) is 7.41. The number of nitrogens with two attached hydrogens (primary N) is 1. The minimum atomic E-state index is 0.166. The second-order valence-corrected chi connectivity index (χ2v) is 6.59. The molecule has 0 fully saturated rings. The predicted molar refractivity (Wildman–Crippen MR) is 93.6 cm³/mol. The van der Waals surface area contributed by atoms with Crippen molar-refractivity contribution in [3.05, 3.63) is 68.7 Å². The van der Waals surface area contributed by atoms with E-state index in [0.717, 1.165) is 16.0 Å². The lowest BCUT2D eigenvalue weighted by Crippen LogP contribution is -2.30. The highest BCUT2D eigenvalue weighted by atomic mass is 79.9. The molecule has 2 aromatic rings. The highest BCUT2D eigenvalue weighted by Gasteiger charge is 2.16. The standard InChI is InChI=1S/C17H20BrClN2/c1-12-4-3-5-13(8-12)11-21(2)17(10-20)14-6-7-16(19)15(18)9-14/h3-9,17H,10-11,20H2,1-2H3. The largest absolute Gasteiger partial charge is 0.329 e. The van der Waals surface area contributed by atoms with Crippen molar-refractivity contribution in [1.82, 2.24) is 4.90 Å². The summed E-state index contributed by atoms with van der Waals surface area (Å²) in [6.07, 6.45) is 0. The molecule has 0 heterocycles. The van der Waals surface area contributed by atoms with Crippen LogP contribution in [0.25, 0.3) is 0 Å². The Morgan fingerprint density at radius 2 is 2.00 bits per heavy atom. The molecule has 2 N–H and O–H groups in total. The van der Waals surface area contributed by atoms with Crippen molar-refractivity contribution in [3.63, 3.8) is 0 Å². The molecule has 0 radical (unpaired) electrons. The van der Waals surface area contributed by atoms with Gasteiger partial charge in [-0.2, -0.15) is 0 Å². The number of hydrogen-bond acceptors (Lipinski definition) is 2. The third-order valence-corrected chi connectivity index (χ3v) is 4.81. The van der Waals surface area contributed by atoms with E-state index in [9.17, 15) is 0 Å². The minimum Gasteiger partial charge on any atom is -0.329 e. The molecule has 2 aromatic carbocycles. The number of nitrogens with zero attached hydrogens (tertiary/aromatic N) is 1. The first-order chi connectivity index (χ1) is 10.0. The van der Waals surface area contributed by atoms with Crippen LogP contribution in [-0.4, -0.2) is 18.5 Å². The Kier molecular flexibility index (Phi) is 5.82. The molecular formula is C17H20BrClN2. The Morgan fingerprint density at radius 1 is 1.24 bits per heavy atom. The molecule has 0 spiro atoms. The van der Waals surface area contributed by atoms with Crippen LogP contribution in [0, 0.1) is 6.92 Å². The number of likely N-dealkylation sites (N-methyl/N-ethyl adjacent to an activating group) is 1. The lowest BCUT2D eigenvalue weighted by atomic mass is 10.0. The smallest absolute Gasteiger partial charge is 0.0548 e. The Labute approximate surface area is 140 Å². The third-order valence-electron chi connectivity index (χ3n) is 3.60. The summed E-state index contributed by atoms with van der Waals surface area (Å²) in [5.41, 5.74) is 9.73. The van der Waals surface area contributed by atoms with Crippen LogP contribution >= 0.6 is 27.5 Å². The molecule has 2 nitrogen and oxygen atoms in total. The SMILES string of the molecule is Cc1cccc(CN(C)C(CN)c2ccc(Cl)c(Br)c2)c1. The molecule has 1 unspecified atom stereocenters. The zero-order chi connectivity index (χ0) is 15.4. The Balaban J connectivity index is 2.18. The molecule has 0 amide bonds. The van der Waals surface area contributed by atoms with Crippen LogP contribution in [0.15, 0.2) is 46.9 Å². The van der Waals surface area contributed by atoms with E-state index >= 15 is 0 Å². The maximum atomic E-state index is 6.06. The van der Waals surface area contributed by atoms with Crippen LogP contribution in [0.4, 0.5) is 0 Å². The molecule has 4 heteroatoms. The van der Waals surface area contributed by atoms with Crippen molar-refractivity contribution in [1.29, 1.82) is 0 Å². The molecule has 2 rings (SSSR count). The third kappa shape index (κ3) is 4.30. The van der Waals surface area contributed by atoms with Crippen LogP contribution in [0.3, 0.4) is 0 Å². The average molecular weight is 368 g/mol. The van der Waals surface area contributed by atoms with E-state index < -0.39 is 0 Å². The summed E-state index contributed by atoms with van der Waals surface area (Å²) in [4.78, 5) is 2.27. The molecule has 0 aromatic heterocycles. The van der Waals surface area contributed by atoms with E-state index in [2.05, 4.69) is 59.1 Å². The van der Waals surface area contributed by atoms with Gasteiger partial charge in [-0.3, -0.25) is 4.90 Å². The second-order valence-electron chi connectivity index (χ2n) is 5.33. The van der Waals surface area contributed by atoms with Crippen LogP contribution in [0.1, 0.15) is 22.7 Å². The van der Waals surface area contributed by atoms with Gasteiger partial charge < -0.3 is 5.73 Å². The molecule has 21 heavy (non-hydrogen) atoms. The van der Waals surface area contributed by atoms with Crippen molar-refractivity contribution < 1.29 is 0 Å². The fourth-order valence-electron chi connectivity index (χ4n) is 2.50. The van der Waals surface area contributed by atoms with Gasteiger partial charge in [0.05, 0.1) is 5.02 Å². The molecule has 0 aliphatic rings. The summed E-state index contributed by atoms with van der Waals surface area (Å²) < 4.78 is 0.907. The first kappa shape index (κ1) is 16.5. The van der Waals surface area contributed by atoms with E-state index in [1.54, 1.807) is 0 Å². The molecule has 0 saturated carbocycles. The summed E-state index contributed by atoms with van der Waals surface area (Å²) in [5, 5.41) is 0.718. The lowest BCUT2D eigenvalue weighted by Gasteiger charge is -2.28. The number of benzene rings is 2. The van der Waals surface area contributed by atoms with Crippen molar-refractivity contribution >= 4 is 27.5 Å². The van der Waals surface area contributed by atoms with Gasteiger partial charge in [-0.15, -0.1) is 0 Å². The molecule has 0 aliphatic heterocycles. The number of rotatable bonds is 5. The van der Waals surface area contributed by atoms with Gasteiger partial charge >= 0.3 is 0 Å². The fraction of sp³-hybridized carbons (Fsp3) is 0.294. The van der Waals surface area contributed by atoms with Gasteiger partial charge in [0, 0.05) is 23.6 Å². The Morgan fingerprint density at radius 3 is 2.62 bits per heavy atom. The Hall–Kier alpha value is -0.870. The van der Waals surface area contributed by atoms with Gasteiger partial charge in [0.25, 0.3) is 0 Å².